The van der Waals surface area contributed by atoms with E-state index in [-0.39, 0.29) is 29.7 Å². The summed E-state index contributed by atoms with van der Waals surface area (Å²) in [4.78, 5) is 50.7. The standard InChI is InChI=1S/C26H19FN8O3S/c1-14-7-19(12-29-11-14)35-25(37)33-23(34(26(35)38)13-16-3-5-20(27)17(8-16)10-28)31-18-4-6-21-22(9-18)39-24(32-21)30-15(2)36/h3-9,11-12H,13H2,1-2H3,(H,30,32,36)(H,31,33,37). The van der Waals surface area contributed by atoms with Crippen molar-refractivity contribution >= 4 is 44.2 Å². The number of aromatic nitrogens is 5. The molecule has 0 radical (unpaired) electrons. The van der Waals surface area contributed by atoms with E-state index in [9.17, 15) is 24.0 Å². The van der Waals surface area contributed by atoms with Gasteiger partial charge in [-0.1, -0.05) is 17.4 Å². The number of nitrogens with zero attached hydrogens (tertiary/aromatic N) is 6. The molecule has 39 heavy (non-hydrogen) atoms. The summed E-state index contributed by atoms with van der Waals surface area (Å²) in [6.07, 6.45) is 2.97. The molecule has 0 saturated carbocycles. The van der Waals surface area contributed by atoms with Crippen molar-refractivity contribution in [1.29, 1.82) is 5.26 Å². The van der Waals surface area contributed by atoms with Crippen molar-refractivity contribution < 1.29 is 9.18 Å². The molecule has 0 aliphatic rings. The summed E-state index contributed by atoms with van der Waals surface area (Å²) >= 11 is 1.26. The summed E-state index contributed by atoms with van der Waals surface area (Å²) in [5.41, 5.74) is 0.877. The Morgan fingerprint density at radius 1 is 1.13 bits per heavy atom. The van der Waals surface area contributed by atoms with Crippen LogP contribution in [0.1, 0.15) is 23.6 Å². The number of nitriles is 1. The van der Waals surface area contributed by atoms with Crippen LogP contribution < -0.4 is 22.0 Å². The molecule has 0 aliphatic heterocycles. The van der Waals surface area contributed by atoms with Crippen LogP contribution in [0, 0.1) is 24.1 Å². The lowest BCUT2D eigenvalue weighted by molar-refractivity contribution is -0.114. The van der Waals surface area contributed by atoms with Crippen LogP contribution in [0.2, 0.25) is 0 Å². The van der Waals surface area contributed by atoms with Crippen LogP contribution in [-0.2, 0) is 11.3 Å². The average molecular weight is 543 g/mol. The minimum Gasteiger partial charge on any atom is -0.325 e. The van der Waals surface area contributed by atoms with Crippen LogP contribution in [0.5, 0.6) is 0 Å². The smallest absolute Gasteiger partial charge is 0.325 e. The number of anilines is 3. The molecule has 3 aromatic heterocycles. The maximum atomic E-state index is 13.9. The zero-order chi connectivity index (χ0) is 27.7. The van der Waals surface area contributed by atoms with Crippen molar-refractivity contribution in [1.82, 2.24) is 24.1 Å². The van der Waals surface area contributed by atoms with E-state index in [0.29, 0.717) is 21.9 Å². The van der Waals surface area contributed by atoms with Crippen molar-refractivity contribution in [2.24, 2.45) is 0 Å². The Labute approximate surface area is 223 Å². The monoisotopic (exact) mass is 542 g/mol. The molecule has 0 aliphatic carbocycles. The number of aryl methyl sites for hydroxylation is 1. The van der Waals surface area contributed by atoms with Gasteiger partial charge < -0.3 is 10.6 Å². The van der Waals surface area contributed by atoms with Gasteiger partial charge in [0.2, 0.25) is 11.9 Å². The lowest BCUT2D eigenvalue weighted by Crippen LogP contribution is -2.41. The van der Waals surface area contributed by atoms with Gasteiger partial charge in [0.25, 0.3) is 0 Å². The SMILES string of the molecule is CC(=O)Nc1nc2ccc(Nc3nc(=O)n(-c4cncc(C)c4)c(=O)n3Cc3ccc(F)c(C#N)c3)cc2s1. The molecule has 2 N–H and O–H groups in total. The third kappa shape index (κ3) is 5.27. The van der Waals surface area contributed by atoms with Gasteiger partial charge in [-0.3, -0.25) is 14.3 Å². The number of hydrogen-bond acceptors (Lipinski definition) is 9. The molecule has 5 rings (SSSR count). The van der Waals surface area contributed by atoms with Gasteiger partial charge in [-0.15, -0.1) is 0 Å². The summed E-state index contributed by atoms with van der Waals surface area (Å²) < 4.78 is 16.8. The van der Waals surface area contributed by atoms with Crippen LogP contribution in [0.3, 0.4) is 0 Å². The first kappa shape index (κ1) is 25.4. The second-order valence-electron chi connectivity index (χ2n) is 8.58. The number of carbonyl (C=O) groups excluding carboxylic acids is 1. The Hall–Kier alpha value is -5.22. The number of amides is 1. The highest BCUT2D eigenvalue weighted by molar-refractivity contribution is 7.22. The highest BCUT2D eigenvalue weighted by Gasteiger charge is 2.17. The molecule has 0 fully saturated rings. The molecular weight excluding hydrogens is 523 g/mol. The predicted octanol–water partition coefficient (Wildman–Crippen LogP) is 3.47. The summed E-state index contributed by atoms with van der Waals surface area (Å²) in [5, 5.41) is 15.3. The molecule has 0 bridgehead atoms. The molecule has 13 heteroatoms. The number of hydrogen-bond donors (Lipinski definition) is 2. The van der Waals surface area contributed by atoms with Gasteiger partial charge in [0.1, 0.15) is 11.9 Å². The third-order valence-electron chi connectivity index (χ3n) is 5.61. The Balaban J connectivity index is 1.62. The van der Waals surface area contributed by atoms with Crippen molar-refractivity contribution in [3.8, 4) is 11.8 Å². The second-order valence-corrected chi connectivity index (χ2v) is 9.61. The van der Waals surface area contributed by atoms with E-state index < -0.39 is 17.2 Å². The quantitative estimate of drug-likeness (QED) is 0.331. The maximum absolute atomic E-state index is 13.9. The van der Waals surface area contributed by atoms with Gasteiger partial charge in [0.15, 0.2) is 5.13 Å². The fraction of sp³-hybridized carbons (Fsp3) is 0.115. The van der Waals surface area contributed by atoms with E-state index in [2.05, 4.69) is 25.6 Å². The lowest BCUT2D eigenvalue weighted by atomic mass is 10.1. The number of carbonyl (C=O) groups is 1. The van der Waals surface area contributed by atoms with E-state index in [1.807, 2.05) is 0 Å². The minimum atomic E-state index is -0.824. The topological polar surface area (TPSA) is 148 Å². The van der Waals surface area contributed by atoms with Crippen molar-refractivity contribution in [3.63, 3.8) is 0 Å². The molecule has 0 saturated heterocycles. The summed E-state index contributed by atoms with van der Waals surface area (Å²) in [5.74, 6) is -0.988. The number of rotatable bonds is 6. The lowest BCUT2D eigenvalue weighted by Gasteiger charge is -2.16. The minimum absolute atomic E-state index is 0.0596. The van der Waals surface area contributed by atoms with E-state index >= 15 is 0 Å². The van der Waals surface area contributed by atoms with E-state index in [4.69, 9.17) is 0 Å². The summed E-state index contributed by atoms with van der Waals surface area (Å²) in [6.45, 7) is 3.05. The molecule has 3 heterocycles. The number of pyridine rings is 1. The molecule has 0 unspecified atom stereocenters. The van der Waals surface area contributed by atoms with Crippen LogP contribution in [0.15, 0.2) is 64.4 Å². The van der Waals surface area contributed by atoms with Crippen LogP contribution in [0.25, 0.3) is 15.9 Å². The average Bonchev–Trinajstić information content (AvgIpc) is 3.28. The molecule has 194 valence electrons. The molecule has 0 atom stereocenters. The fourth-order valence-electron chi connectivity index (χ4n) is 3.89. The molecule has 1 amide bonds. The Morgan fingerprint density at radius 3 is 2.69 bits per heavy atom. The third-order valence-corrected chi connectivity index (χ3v) is 6.54. The number of benzene rings is 2. The van der Waals surface area contributed by atoms with E-state index in [1.54, 1.807) is 43.5 Å². The molecule has 2 aromatic carbocycles. The van der Waals surface area contributed by atoms with Crippen molar-refractivity contribution in [2.75, 3.05) is 10.6 Å². The number of thiazole rings is 1. The summed E-state index contributed by atoms with van der Waals surface area (Å²) in [6, 6.07) is 12.5. The van der Waals surface area contributed by atoms with E-state index in [0.717, 1.165) is 20.9 Å². The number of halogens is 1. The van der Waals surface area contributed by atoms with Crippen molar-refractivity contribution in [2.45, 2.75) is 20.4 Å². The second kappa shape index (κ2) is 10.3. The number of fused-ring (bicyclic) bond motifs is 1. The number of nitrogens with one attached hydrogen (secondary N) is 2. The summed E-state index contributed by atoms with van der Waals surface area (Å²) in [7, 11) is 0. The van der Waals surface area contributed by atoms with Gasteiger partial charge in [0, 0.05) is 18.8 Å². The van der Waals surface area contributed by atoms with Gasteiger partial charge in [0.05, 0.1) is 34.2 Å². The van der Waals surface area contributed by atoms with E-state index in [1.165, 1.54) is 41.2 Å². The van der Waals surface area contributed by atoms with Crippen LogP contribution in [0.4, 0.5) is 21.2 Å². The molecule has 0 spiro atoms. The van der Waals surface area contributed by atoms with Gasteiger partial charge >= 0.3 is 11.4 Å². The predicted molar refractivity (Wildman–Crippen MR) is 144 cm³/mol. The Kier molecular flexibility index (Phi) is 6.70. The Morgan fingerprint density at radius 2 is 1.95 bits per heavy atom. The first-order valence-corrected chi connectivity index (χ1v) is 12.3. The molecular formula is C26H19FN8O3S. The van der Waals surface area contributed by atoms with Gasteiger partial charge in [-0.25, -0.2) is 23.5 Å². The molecule has 5 aromatic rings. The van der Waals surface area contributed by atoms with Crippen molar-refractivity contribution in [3.05, 3.63) is 98.3 Å². The highest BCUT2D eigenvalue weighted by atomic mass is 32.1. The zero-order valence-corrected chi connectivity index (χ0v) is 21.4. The van der Waals surface area contributed by atoms with Gasteiger partial charge in [-0.2, -0.15) is 10.2 Å². The normalized spacial score (nSPS) is 10.8. The first-order chi connectivity index (χ1) is 18.7. The molecule has 11 nitrogen and oxygen atoms in total. The Bertz CT molecular complexity index is 1920. The highest BCUT2D eigenvalue weighted by Crippen LogP contribution is 2.29. The van der Waals surface area contributed by atoms with Gasteiger partial charge in [-0.05, 0) is 54.4 Å². The zero-order valence-electron chi connectivity index (χ0n) is 20.6. The fourth-order valence-corrected chi connectivity index (χ4v) is 4.84. The van der Waals surface area contributed by atoms with Crippen LogP contribution >= 0.6 is 11.3 Å². The maximum Gasteiger partial charge on any atom is 0.359 e. The largest absolute Gasteiger partial charge is 0.359 e. The van der Waals surface area contributed by atoms with Crippen LogP contribution in [-0.4, -0.2) is 30.0 Å². The first-order valence-electron chi connectivity index (χ1n) is 11.5.